The summed E-state index contributed by atoms with van der Waals surface area (Å²) < 4.78 is 0. The van der Waals surface area contributed by atoms with Gasteiger partial charge in [0.1, 0.15) is 11.9 Å². The number of benzene rings is 3. The van der Waals surface area contributed by atoms with E-state index in [0.717, 1.165) is 11.3 Å². The third-order valence-corrected chi connectivity index (χ3v) is 5.04. The lowest BCUT2D eigenvalue weighted by atomic mass is 9.90. The summed E-state index contributed by atoms with van der Waals surface area (Å²) in [6.07, 6.45) is -0.821. The number of hydrogen-bond acceptors (Lipinski definition) is 4. The topological polar surface area (TPSA) is 70.6 Å². The van der Waals surface area contributed by atoms with Crippen molar-refractivity contribution in [3.8, 4) is 0 Å². The molecule has 0 bridgehead atoms. The molecule has 4 rings (SSSR count). The second-order valence-corrected chi connectivity index (χ2v) is 6.78. The molecular weight excluding hydrogens is 334 g/mol. The third kappa shape index (κ3) is 3.63. The number of aliphatic hydroxyl groups excluding tert-OH is 1. The molecule has 4 nitrogen and oxygen atoms in total. The summed E-state index contributed by atoms with van der Waals surface area (Å²) in [7, 11) is 0. The van der Waals surface area contributed by atoms with Crippen molar-refractivity contribution in [2.75, 3.05) is 11.9 Å². The summed E-state index contributed by atoms with van der Waals surface area (Å²) in [6.45, 7) is 0.582. The molecule has 3 aromatic carbocycles. The number of para-hydroxylation sites is 1. The van der Waals surface area contributed by atoms with Crippen molar-refractivity contribution in [3.05, 3.63) is 102 Å². The predicted octanol–water partition coefficient (Wildman–Crippen LogP) is 3.70. The number of aliphatic hydroxyl groups is 1. The number of amidine groups is 1. The van der Waals surface area contributed by atoms with Crippen LogP contribution in [0, 0.1) is 0 Å². The second kappa shape index (κ2) is 7.74. The van der Waals surface area contributed by atoms with Gasteiger partial charge in [0.25, 0.3) is 0 Å². The maximum absolute atomic E-state index is 10.7. The first-order valence-electron chi connectivity index (χ1n) is 9.18. The lowest BCUT2D eigenvalue weighted by Crippen LogP contribution is -2.41. The molecule has 0 fully saturated rings. The molecule has 3 unspecified atom stereocenters. The van der Waals surface area contributed by atoms with Crippen LogP contribution in [-0.2, 0) is 0 Å². The molecule has 0 amide bonds. The fourth-order valence-electron chi connectivity index (χ4n) is 3.55. The van der Waals surface area contributed by atoms with Gasteiger partial charge in [-0.2, -0.15) is 0 Å². The van der Waals surface area contributed by atoms with Crippen LogP contribution < -0.4 is 11.1 Å². The molecule has 27 heavy (non-hydrogen) atoms. The number of nitrogens with one attached hydrogen (secondary N) is 1. The van der Waals surface area contributed by atoms with Crippen LogP contribution in [0.4, 0.5) is 5.69 Å². The van der Waals surface area contributed by atoms with Gasteiger partial charge < -0.3 is 16.2 Å². The highest BCUT2D eigenvalue weighted by molar-refractivity contribution is 6.01. The molecule has 0 radical (unpaired) electrons. The highest BCUT2D eigenvalue weighted by atomic mass is 16.3. The molecular formula is C23H23N3O. The van der Waals surface area contributed by atoms with Gasteiger partial charge in [-0.15, -0.1) is 0 Å². The first kappa shape index (κ1) is 17.5. The second-order valence-electron chi connectivity index (χ2n) is 6.78. The Morgan fingerprint density at radius 1 is 0.889 bits per heavy atom. The highest BCUT2D eigenvalue weighted by Crippen LogP contribution is 2.33. The van der Waals surface area contributed by atoms with Crippen molar-refractivity contribution in [2.24, 2.45) is 10.7 Å². The van der Waals surface area contributed by atoms with Gasteiger partial charge in [-0.05, 0) is 22.8 Å². The van der Waals surface area contributed by atoms with Crippen molar-refractivity contribution >= 4 is 11.5 Å². The van der Waals surface area contributed by atoms with E-state index < -0.39 is 12.1 Å². The molecule has 3 aromatic rings. The molecule has 0 saturated carbocycles. The van der Waals surface area contributed by atoms with Crippen LogP contribution in [0.15, 0.2) is 89.9 Å². The van der Waals surface area contributed by atoms with E-state index in [9.17, 15) is 5.11 Å². The Hall–Kier alpha value is -2.95. The van der Waals surface area contributed by atoms with E-state index in [1.54, 1.807) is 0 Å². The van der Waals surface area contributed by atoms with Crippen LogP contribution in [0.1, 0.15) is 28.7 Å². The molecule has 1 aliphatic rings. The van der Waals surface area contributed by atoms with E-state index in [0.29, 0.717) is 12.4 Å². The van der Waals surface area contributed by atoms with E-state index in [4.69, 9.17) is 10.7 Å². The number of anilines is 1. The normalized spacial score (nSPS) is 18.4. The minimum Gasteiger partial charge on any atom is -0.386 e. The Bertz CT molecular complexity index is 925. The monoisotopic (exact) mass is 357 g/mol. The first-order valence-corrected chi connectivity index (χ1v) is 9.18. The van der Waals surface area contributed by atoms with Crippen molar-refractivity contribution in [1.82, 2.24) is 0 Å². The summed E-state index contributed by atoms with van der Waals surface area (Å²) in [5, 5.41) is 14.1. The Labute approximate surface area is 159 Å². The first-order chi connectivity index (χ1) is 13.2. The van der Waals surface area contributed by atoms with Crippen LogP contribution in [0.3, 0.4) is 0 Å². The van der Waals surface area contributed by atoms with E-state index in [-0.39, 0.29) is 5.92 Å². The van der Waals surface area contributed by atoms with Gasteiger partial charge in [0, 0.05) is 11.6 Å². The molecule has 1 heterocycles. The highest BCUT2D eigenvalue weighted by Gasteiger charge is 2.27. The largest absolute Gasteiger partial charge is 0.386 e. The Kier molecular flexibility index (Phi) is 5.01. The summed E-state index contributed by atoms with van der Waals surface area (Å²) in [5.41, 5.74) is 10.6. The fraction of sp³-hybridized carbons (Fsp3) is 0.174. The maximum Gasteiger partial charge on any atom is 0.121 e. The maximum atomic E-state index is 10.7. The number of hydrogen-bond donors (Lipinski definition) is 3. The minimum absolute atomic E-state index is 0.147. The molecule has 0 saturated heterocycles. The van der Waals surface area contributed by atoms with Gasteiger partial charge in [0.05, 0.1) is 12.6 Å². The predicted molar refractivity (Wildman–Crippen MR) is 110 cm³/mol. The van der Waals surface area contributed by atoms with Gasteiger partial charge in [-0.25, -0.2) is 0 Å². The van der Waals surface area contributed by atoms with Gasteiger partial charge in [-0.1, -0.05) is 78.9 Å². The Morgan fingerprint density at radius 3 is 2.26 bits per heavy atom. The summed E-state index contributed by atoms with van der Waals surface area (Å²) in [5.74, 6) is 0.755. The molecule has 0 aliphatic carbocycles. The quantitative estimate of drug-likeness (QED) is 0.667. The van der Waals surface area contributed by atoms with Crippen LogP contribution in [0.25, 0.3) is 0 Å². The summed E-state index contributed by atoms with van der Waals surface area (Å²) >= 11 is 0. The summed E-state index contributed by atoms with van der Waals surface area (Å²) in [6, 6.07) is 27.4. The summed E-state index contributed by atoms with van der Waals surface area (Å²) in [4.78, 5) is 4.76. The van der Waals surface area contributed by atoms with Crippen molar-refractivity contribution in [1.29, 1.82) is 0 Å². The van der Waals surface area contributed by atoms with Crippen LogP contribution in [0.5, 0.6) is 0 Å². The Morgan fingerprint density at radius 2 is 1.52 bits per heavy atom. The zero-order chi connectivity index (χ0) is 18.6. The Balaban J connectivity index is 1.67. The average Bonchev–Trinajstić information content (AvgIpc) is 2.94. The van der Waals surface area contributed by atoms with Crippen molar-refractivity contribution in [3.63, 3.8) is 0 Å². The molecule has 0 spiro atoms. The standard InChI is InChI=1S/C23H23N3O/c24-21(22(27)17-11-5-2-6-12-17)23-25-15-19(16-9-3-1-4-10-16)18-13-7-8-14-20(18)26-23/h1-14,19,21-22,27H,15,24H2,(H,25,26). The van der Waals surface area contributed by atoms with Crippen LogP contribution in [0.2, 0.25) is 0 Å². The molecule has 0 aromatic heterocycles. The number of rotatable bonds is 4. The number of nitrogens with two attached hydrogens (primary N) is 1. The fourth-order valence-corrected chi connectivity index (χ4v) is 3.55. The number of fused-ring (bicyclic) bond motifs is 1. The molecule has 3 atom stereocenters. The van der Waals surface area contributed by atoms with E-state index >= 15 is 0 Å². The smallest absolute Gasteiger partial charge is 0.121 e. The average molecular weight is 357 g/mol. The van der Waals surface area contributed by atoms with Gasteiger partial charge in [0.2, 0.25) is 0 Å². The van der Waals surface area contributed by atoms with E-state index in [1.165, 1.54) is 11.1 Å². The van der Waals surface area contributed by atoms with Crippen LogP contribution in [-0.4, -0.2) is 23.5 Å². The molecule has 4 N–H and O–H groups in total. The van der Waals surface area contributed by atoms with Crippen molar-refractivity contribution < 1.29 is 5.11 Å². The molecule has 136 valence electrons. The van der Waals surface area contributed by atoms with Gasteiger partial charge in [0.15, 0.2) is 0 Å². The number of nitrogens with zero attached hydrogens (tertiary/aromatic N) is 1. The number of aliphatic imine (C=N–C) groups is 1. The molecule has 1 aliphatic heterocycles. The van der Waals surface area contributed by atoms with Crippen LogP contribution >= 0.6 is 0 Å². The minimum atomic E-state index is -0.821. The lowest BCUT2D eigenvalue weighted by molar-refractivity contribution is 0.169. The zero-order valence-corrected chi connectivity index (χ0v) is 15.0. The zero-order valence-electron chi connectivity index (χ0n) is 15.0. The van der Waals surface area contributed by atoms with Gasteiger partial charge >= 0.3 is 0 Å². The SMILES string of the molecule is NC(C1=NCC(c2ccccc2)c2ccccc2N1)C(O)c1ccccc1. The van der Waals surface area contributed by atoms with Crippen molar-refractivity contribution in [2.45, 2.75) is 18.1 Å². The van der Waals surface area contributed by atoms with E-state index in [2.05, 4.69) is 23.5 Å². The third-order valence-electron chi connectivity index (χ3n) is 5.04. The van der Waals surface area contributed by atoms with Gasteiger partial charge in [-0.3, -0.25) is 4.99 Å². The lowest BCUT2D eigenvalue weighted by Gasteiger charge is -2.22. The molecule has 4 heteroatoms. The van der Waals surface area contributed by atoms with E-state index in [1.807, 2.05) is 66.7 Å².